The van der Waals surface area contributed by atoms with Crippen LogP contribution in [0.5, 0.6) is 0 Å². The molecule has 2 rings (SSSR count). The van der Waals surface area contributed by atoms with Crippen molar-refractivity contribution < 1.29 is 5.11 Å². The maximum Gasteiger partial charge on any atom is 0.0708 e. The number of aliphatic hydroxyl groups excluding tert-OH is 1. The molecule has 0 saturated heterocycles. The first-order valence-corrected chi connectivity index (χ1v) is 5.31. The summed E-state index contributed by atoms with van der Waals surface area (Å²) in [6.45, 7) is 3.68. The van der Waals surface area contributed by atoms with Gasteiger partial charge in [-0.25, -0.2) is 0 Å². The predicted molar refractivity (Wildman–Crippen MR) is 65.1 cm³/mol. The third kappa shape index (κ3) is 1.79. The van der Waals surface area contributed by atoms with Gasteiger partial charge in [-0.05, 0) is 31.5 Å². The van der Waals surface area contributed by atoms with Crippen LogP contribution in [0.25, 0.3) is 10.9 Å². The number of aryl methyl sites for hydroxylation is 1. The number of fused-ring (bicyclic) bond motifs is 1. The van der Waals surface area contributed by atoms with E-state index in [0.29, 0.717) is 0 Å². The second-order valence-corrected chi connectivity index (χ2v) is 4.40. The monoisotopic (exact) mass is 216 g/mol. The second kappa shape index (κ2) is 3.85. The molecule has 1 heterocycles. The Hall–Kier alpha value is -1.45. The van der Waals surface area contributed by atoms with Crippen molar-refractivity contribution in [3.63, 3.8) is 0 Å². The van der Waals surface area contributed by atoms with E-state index in [2.05, 4.69) is 4.98 Å². The summed E-state index contributed by atoms with van der Waals surface area (Å²) in [4.78, 5) is 4.45. The van der Waals surface area contributed by atoms with E-state index < -0.39 is 5.54 Å². The van der Waals surface area contributed by atoms with Crippen molar-refractivity contribution in [2.24, 2.45) is 5.73 Å². The Morgan fingerprint density at radius 3 is 2.75 bits per heavy atom. The molecule has 0 aliphatic rings. The maximum absolute atomic E-state index is 9.35. The fourth-order valence-electron chi connectivity index (χ4n) is 1.87. The highest BCUT2D eigenvalue weighted by Gasteiger charge is 2.22. The van der Waals surface area contributed by atoms with Gasteiger partial charge in [0.15, 0.2) is 0 Å². The zero-order chi connectivity index (χ0) is 11.8. The smallest absolute Gasteiger partial charge is 0.0708 e. The average molecular weight is 216 g/mol. The summed E-state index contributed by atoms with van der Waals surface area (Å²) < 4.78 is 0. The molecule has 1 atom stereocenters. The Labute approximate surface area is 94.9 Å². The molecule has 0 aliphatic heterocycles. The van der Waals surface area contributed by atoms with Crippen LogP contribution in [0.3, 0.4) is 0 Å². The summed E-state index contributed by atoms with van der Waals surface area (Å²) in [7, 11) is 0. The second-order valence-electron chi connectivity index (χ2n) is 4.40. The lowest BCUT2D eigenvalue weighted by Gasteiger charge is -2.24. The molecule has 84 valence electrons. The molecule has 1 aromatic carbocycles. The van der Waals surface area contributed by atoms with Crippen LogP contribution in [-0.4, -0.2) is 16.7 Å². The van der Waals surface area contributed by atoms with Crippen LogP contribution in [0.4, 0.5) is 0 Å². The number of nitrogens with zero attached hydrogens (tertiary/aromatic N) is 1. The van der Waals surface area contributed by atoms with Gasteiger partial charge in [0, 0.05) is 11.1 Å². The van der Waals surface area contributed by atoms with E-state index in [4.69, 9.17) is 5.73 Å². The van der Waals surface area contributed by atoms with Crippen LogP contribution in [-0.2, 0) is 5.54 Å². The summed E-state index contributed by atoms with van der Waals surface area (Å²) in [5, 5.41) is 10.4. The van der Waals surface area contributed by atoms with Crippen molar-refractivity contribution in [3.05, 3.63) is 41.6 Å². The van der Waals surface area contributed by atoms with Gasteiger partial charge in [0.2, 0.25) is 0 Å². The van der Waals surface area contributed by atoms with Crippen LogP contribution < -0.4 is 5.73 Å². The quantitative estimate of drug-likeness (QED) is 0.803. The normalized spacial score (nSPS) is 15.0. The molecule has 2 aromatic rings. The molecule has 16 heavy (non-hydrogen) atoms. The molecule has 3 heteroatoms. The average Bonchev–Trinajstić information content (AvgIpc) is 2.28. The van der Waals surface area contributed by atoms with E-state index in [1.54, 1.807) is 0 Å². The van der Waals surface area contributed by atoms with Crippen molar-refractivity contribution in [1.29, 1.82) is 0 Å². The number of pyridine rings is 1. The highest BCUT2D eigenvalue weighted by Crippen LogP contribution is 2.26. The number of rotatable bonds is 2. The number of aliphatic hydroxyl groups is 1. The maximum atomic E-state index is 9.35. The van der Waals surface area contributed by atoms with Crippen LogP contribution in [0.2, 0.25) is 0 Å². The highest BCUT2D eigenvalue weighted by molar-refractivity contribution is 5.83. The van der Waals surface area contributed by atoms with E-state index in [1.807, 2.05) is 44.2 Å². The van der Waals surface area contributed by atoms with Crippen LogP contribution in [0.15, 0.2) is 30.3 Å². The van der Waals surface area contributed by atoms with Crippen molar-refractivity contribution in [2.75, 3.05) is 6.61 Å². The van der Waals surface area contributed by atoms with Gasteiger partial charge in [0.05, 0.1) is 17.7 Å². The Morgan fingerprint density at radius 2 is 2.06 bits per heavy atom. The first-order valence-electron chi connectivity index (χ1n) is 5.31. The number of hydrogen-bond donors (Lipinski definition) is 2. The largest absolute Gasteiger partial charge is 0.394 e. The third-order valence-corrected chi connectivity index (χ3v) is 2.79. The molecule has 0 bridgehead atoms. The van der Waals surface area contributed by atoms with Gasteiger partial charge in [-0.1, -0.05) is 18.2 Å². The van der Waals surface area contributed by atoms with Crippen LogP contribution in [0.1, 0.15) is 18.2 Å². The molecule has 0 saturated carbocycles. The molecule has 0 spiro atoms. The van der Waals surface area contributed by atoms with E-state index in [-0.39, 0.29) is 6.61 Å². The van der Waals surface area contributed by atoms with Crippen molar-refractivity contribution >= 4 is 10.9 Å². The number of nitrogens with two attached hydrogens (primary N) is 1. The number of aromatic nitrogens is 1. The molecular formula is C13H16N2O. The van der Waals surface area contributed by atoms with Gasteiger partial charge in [0.25, 0.3) is 0 Å². The van der Waals surface area contributed by atoms with E-state index >= 15 is 0 Å². The molecule has 0 amide bonds. The zero-order valence-corrected chi connectivity index (χ0v) is 9.57. The highest BCUT2D eigenvalue weighted by atomic mass is 16.3. The SMILES string of the molecule is Cc1cc(C(C)(N)CO)c2ccccc2n1. The van der Waals surface area contributed by atoms with Crippen molar-refractivity contribution in [1.82, 2.24) is 4.98 Å². The molecule has 0 radical (unpaired) electrons. The van der Waals surface area contributed by atoms with Gasteiger partial charge in [0.1, 0.15) is 0 Å². The first kappa shape index (κ1) is 11.0. The lowest BCUT2D eigenvalue weighted by atomic mass is 9.90. The Kier molecular flexibility index (Phi) is 2.66. The molecular weight excluding hydrogens is 200 g/mol. The lowest BCUT2D eigenvalue weighted by Crippen LogP contribution is -2.37. The molecule has 3 nitrogen and oxygen atoms in total. The molecule has 0 aliphatic carbocycles. The predicted octanol–water partition coefficient (Wildman–Crippen LogP) is 1.71. The van der Waals surface area contributed by atoms with Crippen LogP contribution in [0, 0.1) is 6.92 Å². The first-order chi connectivity index (χ1) is 7.54. The number of hydrogen-bond acceptors (Lipinski definition) is 3. The topological polar surface area (TPSA) is 59.1 Å². The van der Waals surface area contributed by atoms with E-state index in [0.717, 1.165) is 22.2 Å². The Balaban J connectivity index is 2.77. The van der Waals surface area contributed by atoms with Crippen molar-refractivity contribution in [3.8, 4) is 0 Å². The summed E-state index contributed by atoms with van der Waals surface area (Å²) in [5.41, 5.74) is 8.14. The number of para-hydroxylation sites is 1. The lowest BCUT2D eigenvalue weighted by molar-refractivity contribution is 0.211. The summed E-state index contributed by atoms with van der Waals surface area (Å²) in [6, 6.07) is 9.79. The summed E-state index contributed by atoms with van der Waals surface area (Å²) in [6.07, 6.45) is 0. The third-order valence-electron chi connectivity index (χ3n) is 2.79. The molecule has 0 fully saturated rings. The summed E-state index contributed by atoms with van der Waals surface area (Å²) in [5.74, 6) is 0. The fraction of sp³-hybridized carbons (Fsp3) is 0.308. The van der Waals surface area contributed by atoms with Gasteiger partial charge in [-0.3, -0.25) is 4.98 Å². The standard InChI is InChI=1S/C13H16N2O/c1-9-7-11(13(2,14)8-16)10-5-3-4-6-12(10)15-9/h3-7,16H,8,14H2,1-2H3. The molecule has 1 aromatic heterocycles. The fourth-order valence-corrected chi connectivity index (χ4v) is 1.87. The minimum Gasteiger partial charge on any atom is -0.394 e. The Morgan fingerprint density at radius 1 is 1.38 bits per heavy atom. The van der Waals surface area contributed by atoms with Crippen LogP contribution >= 0.6 is 0 Å². The zero-order valence-electron chi connectivity index (χ0n) is 9.57. The minimum absolute atomic E-state index is 0.0829. The van der Waals surface area contributed by atoms with Crippen molar-refractivity contribution in [2.45, 2.75) is 19.4 Å². The molecule has 3 N–H and O–H groups in total. The Bertz CT molecular complexity index is 520. The molecule has 1 unspecified atom stereocenters. The summed E-state index contributed by atoms with van der Waals surface area (Å²) >= 11 is 0. The minimum atomic E-state index is -0.729. The van der Waals surface area contributed by atoms with Gasteiger partial charge >= 0.3 is 0 Å². The van der Waals surface area contributed by atoms with E-state index in [1.165, 1.54) is 0 Å². The number of benzene rings is 1. The van der Waals surface area contributed by atoms with Gasteiger partial charge in [-0.15, -0.1) is 0 Å². The van der Waals surface area contributed by atoms with E-state index in [9.17, 15) is 5.11 Å². The van der Waals surface area contributed by atoms with Gasteiger partial charge < -0.3 is 10.8 Å². The van der Waals surface area contributed by atoms with Gasteiger partial charge in [-0.2, -0.15) is 0 Å².